The minimum absolute atomic E-state index is 1.03. The van der Waals surface area contributed by atoms with Crippen LogP contribution in [0.3, 0.4) is 0 Å². The van der Waals surface area contributed by atoms with Crippen molar-refractivity contribution in [2.24, 2.45) is 0 Å². The number of benzene rings is 1. The second-order valence-corrected chi connectivity index (χ2v) is 3.09. The number of hydrogen-bond donors (Lipinski definition) is 0. The fourth-order valence-electron chi connectivity index (χ4n) is 1.43. The number of rotatable bonds is 1. The Morgan fingerprint density at radius 3 is 2.42 bits per heavy atom. The van der Waals surface area contributed by atoms with E-state index in [2.05, 4.69) is 38.8 Å². The first kappa shape index (κ1) is 8.87. The van der Waals surface area contributed by atoms with Crippen LogP contribution < -0.4 is 0 Å². The van der Waals surface area contributed by atoms with E-state index in [4.69, 9.17) is 6.42 Å². The second kappa shape index (κ2) is 3.45. The first-order valence-electron chi connectivity index (χ1n) is 4.25. The molecule has 0 saturated heterocycles. The molecular formula is C12H14. The minimum Gasteiger partial charge on any atom is -0.115 e. The molecule has 0 aliphatic rings. The maximum absolute atomic E-state index is 5.37. The molecule has 62 valence electrons. The van der Waals surface area contributed by atoms with Gasteiger partial charge in [-0.05, 0) is 43.0 Å². The first-order valence-corrected chi connectivity index (χ1v) is 4.25. The van der Waals surface area contributed by atoms with Crippen molar-refractivity contribution in [2.45, 2.75) is 27.2 Å². The summed E-state index contributed by atoms with van der Waals surface area (Å²) in [5, 5.41) is 0. The third kappa shape index (κ3) is 1.51. The summed E-state index contributed by atoms with van der Waals surface area (Å²) in [6.07, 6.45) is 6.43. The van der Waals surface area contributed by atoms with Crippen molar-refractivity contribution >= 4 is 0 Å². The van der Waals surface area contributed by atoms with Gasteiger partial charge in [-0.25, -0.2) is 0 Å². The summed E-state index contributed by atoms with van der Waals surface area (Å²) in [7, 11) is 0. The van der Waals surface area contributed by atoms with Crippen LogP contribution in [0, 0.1) is 26.2 Å². The van der Waals surface area contributed by atoms with E-state index in [9.17, 15) is 0 Å². The predicted octanol–water partition coefficient (Wildman–Crippen LogP) is 2.85. The summed E-state index contributed by atoms with van der Waals surface area (Å²) in [6.45, 7) is 6.34. The van der Waals surface area contributed by atoms with E-state index < -0.39 is 0 Å². The first-order chi connectivity index (χ1) is 5.69. The van der Waals surface area contributed by atoms with Gasteiger partial charge in [-0.2, -0.15) is 0 Å². The van der Waals surface area contributed by atoms with E-state index >= 15 is 0 Å². The Balaban J connectivity index is 3.30. The summed E-state index contributed by atoms with van der Waals surface area (Å²) in [4.78, 5) is 0. The largest absolute Gasteiger partial charge is 0.115 e. The van der Waals surface area contributed by atoms with Gasteiger partial charge in [0.25, 0.3) is 0 Å². The van der Waals surface area contributed by atoms with Crippen molar-refractivity contribution in [1.82, 2.24) is 0 Å². The summed E-state index contributed by atoms with van der Waals surface area (Å²) >= 11 is 0. The van der Waals surface area contributed by atoms with Crippen molar-refractivity contribution in [3.63, 3.8) is 0 Å². The van der Waals surface area contributed by atoms with Crippen LogP contribution in [0.1, 0.15) is 29.2 Å². The molecule has 0 atom stereocenters. The van der Waals surface area contributed by atoms with Gasteiger partial charge in [0.1, 0.15) is 0 Å². The van der Waals surface area contributed by atoms with E-state index in [1.54, 1.807) is 0 Å². The highest BCUT2D eigenvalue weighted by molar-refractivity contribution is 5.45. The molecule has 0 spiro atoms. The molecule has 1 aromatic rings. The average Bonchev–Trinajstić information content (AvgIpc) is 2.05. The molecule has 0 aromatic heterocycles. The molecule has 0 nitrogen and oxygen atoms in total. The van der Waals surface area contributed by atoms with Gasteiger partial charge in [0.15, 0.2) is 0 Å². The monoisotopic (exact) mass is 158 g/mol. The highest BCUT2D eigenvalue weighted by Crippen LogP contribution is 2.15. The fraction of sp³-hybridized carbons (Fsp3) is 0.333. The van der Waals surface area contributed by atoms with Gasteiger partial charge >= 0.3 is 0 Å². The Kier molecular flexibility index (Phi) is 2.55. The number of hydrogen-bond acceptors (Lipinski definition) is 0. The standard InChI is InChI=1S/C12H14/c1-5-11-8-12(6-2)10(4)7-9(11)3/h1,7-8H,6H2,2-4H3. The molecule has 0 heteroatoms. The summed E-state index contributed by atoms with van der Waals surface area (Å²) < 4.78 is 0. The molecule has 0 N–H and O–H groups in total. The smallest absolute Gasteiger partial charge is 0.0274 e. The topological polar surface area (TPSA) is 0 Å². The Labute approximate surface area is 74.6 Å². The van der Waals surface area contributed by atoms with Crippen LogP contribution in [-0.4, -0.2) is 0 Å². The molecule has 1 rings (SSSR count). The Morgan fingerprint density at radius 1 is 1.25 bits per heavy atom. The number of aryl methyl sites for hydroxylation is 3. The van der Waals surface area contributed by atoms with Gasteiger partial charge in [0.2, 0.25) is 0 Å². The molecule has 0 unspecified atom stereocenters. The van der Waals surface area contributed by atoms with E-state index in [1.807, 2.05) is 0 Å². The van der Waals surface area contributed by atoms with E-state index in [0.717, 1.165) is 12.0 Å². The van der Waals surface area contributed by atoms with Crippen molar-refractivity contribution in [3.05, 3.63) is 34.4 Å². The summed E-state index contributed by atoms with van der Waals surface area (Å²) in [5.74, 6) is 2.70. The van der Waals surface area contributed by atoms with Gasteiger partial charge in [-0.3, -0.25) is 0 Å². The van der Waals surface area contributed by atoms with Gasteiger partial charge in [0, 0.05) is 5.56 Å². The lowest BCUT2D eigenvalue weighted by Crippen LogP contribution is -1.91. The summed E-state index contributed by atoms with van der Waals surface area (Å²) in [5.41, 5.74) is 4.92. The Hall–Kier alpha value is -1.22. The van der Waals surface area contributed by atoms with Crippen molar-refractivity contribution in [1.29, 1.82) is 0 Å². The lowest BCUT2D eigenvalue weighted by molar-refractivity contribution is 1.10. The van der Waals surface area contributed by atoms with E-state index in [-0.39, 0.29) is 0 Å². The van der Waals surface area contributed by atoms with Crippen LogP contribution in [0.5, 0.6) is 0 Å². The quantitative estimate of drug-likeness (QED) is 0.551. The maximum atomic E-state index is 5.37. The van der Waals surface area contributed by atoms with Crippen LogP contribution in [0.2, 0.25) is 0 Å². The lowest BCUT2D eigenvalue weighted by atomic mass is 9.99. The molecule has 0 saturated carbocycles. The third-order valence-electron chi connectivity index (χ3n) is 2.22. The third-order valence-corrected chi connectivity index (χ3v) is 2.22. The van der Waals surface area contributed by atoms with E-state index in [1.165, 1.54) is 16.7 Å². The molecular weight excluding hydrogens is 144 g/mol. The summed E-state index contributed by atoms with van der Waals surface area (Å²) in [6, 6.07) is 4.28. The average molecular weight is 158 g/mol. The molecule has 0 bridgehead atoms. The maximum Gasteiger partial charge on any atom is 0.0274 e. The molecule has 0 amide bonds. The van der Waals surface area contributed by atoms with E-state index in [0.29, 0.717) is 0 Å². The van der Waals surface area contributed by atoms with Crippen molar-refractivity contribution in [3.8, 4) is 12.3 Å². The zero-order chi connectivity index (χ0) is 9.14. The van der Waals surface area contributed by atoms with Crippen molar-refractivity contribution < 1.29 is 0 Å². The fourth-order valence-corrected chi connectivity index (χ4v) is 1.43. The van der Waals surface area contributed by atoms with Gasteiger partial charge in [-0.15, -0.1) is 6.42 Å². The molecule has 0 heterocycles. The molecule has 0 aliphatic heterocycles. The minimum atomic E-state index is 1.03. The lowest BCUT2D eigenvalue weighted by Gasteiger charge is -2.06. The molecule has 1 aromatic carbocycles. The SMILES string of the molecule is C#Cc1cc(CC)c(C)cc1C. The van der Waals surface area contributed by atoms with Gasteiger partial charge in [-0.1, -0.05) is 18.9 Å². The molecule has 0 fully saturated rings. The second-order valence-electron chi connectivity index (χ2n) is 3.09. The van der Waals surface area contributed by atoms with Crippen LogP contribution in [0.15, 0.2) is 12.1 Å². The Morgan fingerprint density at radius 2 is 1.92 bits per heavy atom. The molecule has 0 aliphatic carbocycles. The zero-order valence-corrected chi connectivity index (χ0v) is 7.94. The van der Waals surface area contributed by atoms with Crippen LogP contribution in [0.4, 0.5) is 0 Å². The Bertz CT molecular complexity index is 327. The van der Waals surface area contributed by atoms with Gasteiger partial charge in [0.05, 0.1) is 0 Å². The van der Waals surface area contributed by atoms with Crippen LogP contribution in [-0.2, 0) is 6.42 Å². The highest BCUT2D eigenvalue weighted by Gasteiger charge is 2.00. The molecule has 0 radical (unpaired) electrons. The normalized spacial score (nSPS) is 9.50. The van der Waals surface area contributed by atoms with Crippen LogP contribution in [0.25, 0.3) is 0 Å². The highest BCUT2D eigenvalue weighted by atomic mass is 14.0. The van der Waals surface area contributed by atoms with Crippen molar-refractivity contribution in [2.75, 3.05) is 0 Å². The zero-order valence-electron chi connectivity index (χ0n) is 7.94. The molecule has 12 heavy (non-hydrogen) atoms. The van der Waals surface area contributed by atoms with Gasteiger partial charge < -0.3 is 0 Å². The van der Waals surface area contributed by atoms with Crippen LogP contribution >= 0.6 is 0 Å². The number of terminal acetylenes is 1. The predicted molar refractivity (Wildman–Crippen MR) is 53.2 cm³/mol.